The summed E-state index contributed by atoms with van der Waals surface area (Å²) in [5, 5.41) is 0. The number of rotatable bonds is 7. The fourth-order valence-corrected chi connectivity index (χ4v) is 6.82. The molecular weight excluding hydrogens is 355 g/mol. The summed E-state index contributed by atoms with van der Waals surface area (Å²) >= 11 is 0. The lowest BCUT2D eigenvalue weighted by Gasteiger charge is -2.44. The maximum absolute atomic E-state index is 12.6. The minimum absolute atomic E-state index is 0.510. The number of unbranched alkanes of at least 4 members (excludes halogenated alkanes) is 3. The van der Waals surface area contributed by atoms with Crippen molar-refractivity contribution >= 4 is 0 Å². The lowest BCUT2D eigenvalue weighted by molar-refractivity contribution is 0.0809. The van der Waals surface area contributed by atoms with Gasteiger partial charge in [0.25, 0.3) is 0 Å². The molecule has 0 aromatic heterocycles. The Morgan fingerprint density at radius 1 is 0.862 bits per heavy atom. The minimum Gasteiger partial charge on any atom is -0.216 e. The Balaban J connectivity index is 1.30. The lowest BCUT2D eigenvalue weighted by atomic mass is 9.61. The van der Waals surface area contributed by atoms with Gasteiger partial charge in [-0.25, -0.2) is 4.39 Å². The standard InChI is InChI=1S/C28H41F/c1-2-3-4-5-6-21-7-9-25-19-27(13-11-23(25)17-21)28-14-12-24-18-22(15-16-29)8-10-26(24)20-28/h7,9,15-17,22,24,26-28H,2-6,8,10-14,18-20H2,1H3/t22-,24?,26+,27?,28?/m0/s1. The first-order valence-corrected chi connectivity index (χ1v) is 12.6. The molecule has 2 saturated carbocycles. The van der Waals surface area contributed by atoms with Crippen LogP contribution in [0, 0.1) is 29.6 Å². The summed E-state index contributed by atoms with van der Waals surface area (Å²) < 4.78 is 12.6. The van der Waals surface area contributed by atoms with Crippen molar-refractivity contribution in [3.63, 3.8) is 0 Å². The molecule has 5 atom stereocenters. The average molecular weight is 397 g/mol. The van der Waals surface area contributed by atoms with Gasteiger partial charge < -0.3 is 0 Å². The third-order valence-electron chi connectivity index (χ3n) is 8.56. The van der Waals surface area contributed by atoms with Gasteiger partial charge in [-0.3, -0.25) is 0 Å². The van der Waals surface area contributed by atoms with Crippen molar-refractivity contribution in [3.05, 3.63) is 47.3 Å². The Morgan fingerprint density at radius 3 is 2.48 bits per heavy atom. The van der Waals surface area contributed by atoms with E-state index in [1.807, 2.05) is 6.08 Å². The quantitative estimate of drug-likeness (QED) is 0.407. The van der Waals surface area contributed by atoms with Gasteiger partial charge in [0, 0.05) is 0 Å². The highest BCUT2D eigenvalue weighted by Crippen LogP contribution is 2.48. The number of halogens is 1. The maximum atomic E-state index is 12.6. The molecule has 1 heteroatoms. The Kier molecular flexibility index (Phi) is 7.49. The summed E-state index contributed by atoms with van der Waals surface area (Å²) in [6.07, 6.45) is 21.4. The molecule has 2 fully saturated rings. The van der Waals surface area contributed by atoms with Crippen molar-refractivity contribution in [2.45, 2.75) is 96.8 Å². The van der Waals surface area contributed by atoms with Crippen molar-refractivity contribution in [1.82, 2.24) is 0 Å². The van der Waals surface area contributed by atoms with Crippen LogP contribution in [-0.4, -0.2) is 0 Å². The van der Waals surface area contributed by atoms with Crippen molar-refractivity contribution in [2.24, 2.45) is 29.6 Å². The van der Waals surface area contributed by atoms with Crippen LogP contribution in [0.2, 0.25) is 0 Å². The van der Waals surface area contributed by atoms with Crippen molar-refractivity contribution in [2.75, 3.05) is 0 Å². The van der Waals surface area contributed by atoms with E-state index in [4.69, 9.17) is 0 Å². The summed E-state index contributed by atoms with van der Waals surface area (Å²) in [4.78, 5) is 0. The molecule has 160 valence electrons. The zero-order valence-corrected chi connectivity index (χ0v) is 18.6. The Labute approximate surface area is 178 Å². The zero-order chi connectivity index (χ0) is 20.1. The molecule has 3 aliphatic rings. The molecule has 0 spiro atoms. The van der Waals surface area contributed by atoms with Gasteiger partial charge in [-0.1, -0.05) is 50.5 Å². The first-order chi connectivity index (χ1) is 14.3. The van der Waals surface area contributed by atoms with Gasteiger partial charge in [0.05, 0.1) is 6.33 Å². The number of allylic oxidation sites excluding steroid dienone is 1. The number of hydrogen-bond donors (Lipinski definition) is 0. The maximum Gasteiger partial charge on any atom is 0.0829 e. The van der Waals surface area contributed by atoms with E-state index in [1.54, 1.807) is 16.7 Å². The third-order valence-corrected chi connectivity index (χ3v) is 8.56. The second-order valence-electron chi connectivity index (χ2n) is 10.4. The summed E-state index contributed by atoms with van der Waals surface area (Å²) in [6, 6.07) is 7.43. The van der Waals surface area contributed by atoms with E-state index < -0.39 is 0 Å². The number of hydrogen-bond acceptors (Lipinski definition) is 0. The molecule has 0 aliphatic heterocycles. The van der Waals surface area contributed by atoms with Crippen LogP contribution >= 0.6 is 0 Å². The first-order valence-electron chi connectivity index (χ1n) is 12.6. The van der Waals surface area contributed by atoms with E-state index in [-0.39, 0.29) is 0 Å². The SMILES string of the molecule is CCCCCCc1ccc2c(c1)CCC(C1CCC3C[C@H](C=CF)CC[C@@H]3C1)C2. The molecule has 0 saturated heterocycles. The summed E-state index contributed by atoms with van der Waals surface area (Å²) in [5.74, 6) is 4.14. The predicted molar refractivity (Wildman–Crippen MR) is 122 cm³/mol. The van der Waals surface area contributed by atoms with Crippen LogP contribution in [0.3, 0.4) is 0 Å². The summed E-state index contributed by atoms with van der Waals surface area (Å²) in [5.41, 5.74) is 4.87. The first kappa shape index (κ1) is 21.1. The second kappa shape index (κ2) is 10.3. The molecule has 0 bridgehead atoms. The van der Waals surface area contributed by atoms with E-state index in [0.717, 1.165) is 30.0 Å². The highest BCUT2D eigenvalue weighted by Gasteiger charge is 2.38. The molecule has 29 heavy (non-hydrogen) atoms. The highest BCUT2D eigenvalue weighted by atomic mass is 19.1. The number of benzene rings is 1. The molecule has 0 nitrogen and oxygen atoms in total. The molecule has 4 rings (SSSR count). The Hall–Kier alpha value is -1.11. The summed E-state index contributed by atoms with van der Waals surface area (Å²) in [7, 11) is 0. The van der Waals surface area contributed by atoms with E-state index in [1.165, 1.54) is 89.9 Å². The fraction of sp³-hybridized carbons (Fsp3) is 0.714. The number of fused-ring (bicyclic) bond motifs is 2. The lowest BCUT2D eigenvalue weighted by Crippen LogP contribution is -2.34. The second-order valence-corrected chi connectivity index (χ2v) is 10.4. The van der Waals surface area contributed by atoms with Crippen molar-refractivity contribution in [1.29, 1.82) is 0 Å². The van der Waals surface area contributed by atoms with E-state index in [9.17, 15) is 4.39 Å². The van der Waals surface area contributed by atoms with Gasteiger partial charge in [0.1, 0.15) is 0 Å². The minimum atomic E-state index is 0.510. The molecule has 0 N–H and O–H groups in total. The van der Waals surface area contributed by atoms with Crippen LogP contribution in [0.15, 0.2) is 30.6 Å². The van der Waals surface area contributed by atoms with Gasteiger partial charge in [0.15, 0.2) is 0 Å². The van der Waals surface area contributed by atoms with Crippen LogP contribution in [0.5, 0.6) is 0 Å². The van der Waals surface area contributed by atoms with Crippen molar-refractivity contribution in [3.8, 4) is 0 Å². The van der Waals surface area contributed by atoms with Crippen LogP contribution in [0.25, 0.3) is 0 Å². The van der Waals surface area contributed by atoms with Crippen LogP contribution in [0.1, 0.15) is 94.2 Å². The van der Waals surface area contributed by atoms with Crippen LogP contribution < -0.4 is 0 Å². The Bertz CT molecular complexity index is 675. The van der Waals surface area contributed by atoms with E-state index >= 15 is 0 Å². The van der Waals surface area contributed by atoms with Gasteiger partial charge in [-0.2, -0.15) is 0 Å². The van der Waals surface area contributed by atoms with Gasteiger partial charge in [0.2, 0.25) is 0 Å². The van der Waals surface area contributed by atoms with Gasteiger partial charge in [-0.05, 0) is 117 Å². The summed E-state index contributed by atoms with van der Waals surface area (Å²) in [6.45, 7) is 2.29. The van der Waals surface area contributed by atoms with E-state index in [0.29, 0.717) is 5.92 Å². The third kappa shape index (κ3) is 5.33. The molecule has 0 amide bonds. The highest BCUT2D eigenvalue weighted by molar-refractivity contribution is 5.34. The fourth-order valence-electron chi connectivity index (χ4n) is 6.82. The van der Waals surface area contributed by atoms with Gasteiger partial charge >= 0.3 is 0 Å². The smallest absolute Gasteiger partial charge is 0.0829 e. The number of aryl methyl sites for hydroxylation is 2. The largest absolute Gasteiger partial charge is 0.216 e. The Morgan fingerprint density at radius 2 is 1.66 bits per heavy atom. The predicted octanol–water partition coefficient (Wildman–Crippen LogP) is 8.23. The van der Waals surface area contributed by atoms with Crippen LogP contribution in [0.4, 0.5) is 4.39 Å². The topological polar surface area (TPSA) is 0 Å². The molecular formula is C28H41F. The average Bonchev–Trinajstić information content (AvgIpc) is 2.76. The van der Waals surface area contributed by atoms with E-state index in [2.05, 4.69) is 25.1 Å². The molecule has 3 aliphatic carbocycles. The molecule has 0 heterocycles. The van der Waals surface area contributed by atoms with Crippen molar-refractivity contribution < 1.29 is 4.39 Å². The normalized spacial score (nSPS) is 32.1. The molecule has 1 aromatic rings. The zero-order valence-electron chi connectivity index (χ0n) is 18.6. The molecule has 0 radical (unpaired) electrons. The monoisotopic (exact) mass is 396 g/mol. The van der Waals surface area contributed by atoms with Crippen LogP contribution in [-0.2, 0) is 19.3 Å². The molecule has 1 aromatic carbocycles. The molecule has 3 unspecified atom stereocenters. The van der Waals surface area contributed by atoms with Gasteiger partial charge in [-0.15, -0.1) is 0 Å².